The molecule has 0 atom stereocenters. The highest BCUT2D eigenvalue weighted by Crippen LogP contribution is 2.34. The van der Waals surface area contributed by atoms with Gasteiger partial charge in [-0.15, -0.1) is 0 Å². The van der Waals surface area contributed by atoms with Crippen molar-refractivity contribution in [2.75, 3.05) is 10.6 Å². The molecule has 128 valence electrons. The Morgan fingerprint density at radius 3 is 2.23 bits per heavy atom. The van der Waals surface area contributed by atoms with Gasteiger partial charge in [0.15, 0.2) is 11.0 Å². The van der Waals surface area contributed by atoms with Crippen molar-refractivity contribution in [3.8, 4) is 11.1 Å². The van der Waals surface area contributed by atoms with Gasteiger partial charge in [-0.2, -0.15) is 0 Å². The van der Waals surface area contributed by atoms with E-state index >= 15 is 0 Å². The standard InChI is InChI=1S/C19H14N4O3/c24-19(25)21-16-11-10-15(17-18(16)23-26-22-17)20-14-9-5-4-8-13(14)12-6-2-1-3-7-12/h1-11,20-21H,(H,24,25). The molecule has 0 unspecified atom stereocenters. The molecule has 1 aromatic heterocycles. The number of benzene rings is 3. The highest BCUT2D eigenvalue weighted by Gasteiger charge is 2.14. The minimum absolute atomic E-state index is 0.315. The molecule has 7 heteroatoms. The lowest BCUT2D eigenvalue weighted by molar-refractivity contribution is 0.210. The van der Waals surface area contributed by atoms with Crippen LogP contribution >= 0.6 is 0 Å². The van der Waals surface area contributed by atoms with Crippen LogP contribution in [0.15, 0.2) is 71.4 Å². The van der Waals surface area contributed by atoms with Crippen molar-refractivity contribution in [2.45, 2.75) is 0 Å². The number of anilines is 3. The van der Waals surface area contributed by atoms with Gasteiger partial charge >= 0.3 is 6.09 Å². The number of carbonyl (C=O) groups is 1. The van der Waals surface area contributed by atoms with Gasteiger partial charge in [-0.05, 0) is 34.1 Å². The fourth-order valence-electron chi connectivity index (χ4n) is 2.79. The zero-order chi connectivity index (χ0) is 17.9. The number of hydrogen-bond donors (Lipinski definition) is 3. The Morgan fingerprint density at radius 1 is 0.808 bits per heavy atom. The number of nitrogens with zero attached hydrogens (tertiary/aromatic N) is 2. The van der Waals surface area contributed by atoms with E-state index in [1.807, 2.05) is 54.6 Å². The van der Waals surface area contributed by atoms with Crippen LogP contribution in [0.1, 0.15) is 0 Å². The molecule has 1 amide bonds. The van der Waals surface area contributed by atoms with Crippen LogP contribution in [0.2, 0.25) is 0 Å². The molecule has 0 fully saturated rings. The molecule has 0 saturated carbocycles. The van der Waals surface area contributed by atoms with Gasteiger partial charge in [-0.3, -0.25) is 5.32 Å². The van der Waals surface area contributed by atoms with E-state index in [1.165, 1.54) is 0 Å². The third-order valence-corrected chi connectivity index (χ3v) is 3.94. The molecule has 0 spiro atoms. The Kier molecular flexibility index (Phi) is 3.95. The maximum absolute atomic E-state index is 10.9. The van der Waals surface area contributed by atoms with Crippen LogP contribution in [0.3, 0.4) is 0 Å². The predicted octanol–water partition coefficient (Wildman–Crippen LogP) is 4.72. The predicted molar refractivity (Wildman–Crippen MR) is 98.6 cm³/mol. The second-order valence-electron chi connectivity index (χ2n) is 5.59. The number of aromatic nitrogens is 2. The monoisotopic (exact) mass is 346 g/mol. The van der Waals surface area contributed by atoms with E-state index in [0.717, 1.165) is 16.8 Å². The van der Waals surface area contributed by atoms with Crippen molar-refractivity contribution in [2.24, 2.45) is 0 Å². The molecule has 0 aliphatic rings. The maximum Gasteiger partial charge on any atom is 0.409 e. The molecule has 7 nitrogen and oxygen atoms in total. The molecule has 0 radical (unpaired) electrons. The number of nitrogens with one attached hydrogen (secondary N) is 2. The zero-order valence-electron chi connectivity index (χ0n) is 13.5. The summed E-state index contributed by atoms with van der Waals surface area (Å²) >= 11 is 0. The van der Waals surface area contributed by atoms with Gasteiger partial charge < -0.3 is 10.4 Å². The molecule has 4 rings (SSSR count). The van der Waals surface area contributed by atoms with Crippen molar-refractivity contribution in [3.05, 3.63) is 66.7 Å². The molecule has 3 aromatic carbocycles. The van der Waals surface area contributed by atoms with Crippen LogP contribution < -0.4 is 10.6 Å². The molecule has 1 heterocycles. The first-order valence-electron chi connectivity index (χ1n) is 7.89. The van der Waals surface area contributed by atoms with E-state index in [4.69, 9.17) is 9.74 Å². The molecular weight excluding hydrogens is 332 g/mol. The quantitative estimate of drug-likeness (QED) is 0.494. The summed E-state index contributed by atoms with van der Waals surface area (Å²) in [6, 6.07) is 21.3. The Hall–Kier alpha value is -3.87. The topological polar surface area (TPSA) is 100 Å². The highest BCUT2D eigenvalue weighted by atomic mass is 16.6. The molecule has 0 bridgehead atoms. The number of amides is 1. The third-order valence-electron chi connectivity index (χ3n) is 3.94. The second kappa shape index (κ2) is 6.56. The summed E-state index contributed by atoms with van der Waals surface area (Å²) < 4.78 is 4.81. The Morgan fingerprint density at radius 2 is 1.46 bits per heavy atom. The fourth-order valence-corrected chi connectivity index (χ4v) is 2.79. The SMILES string of the molecule is O=C(O)Nc1ccc(Nc2ccccc2-c2ccccc2)c2nonc12. The van der Waals surface area contributed by atoms with Gasteiger partial charge in [0.2, 0.25) is 0 Å². The lowest BCUT2D eigenvalue weighted by Gasteiger charge is -2.13. The van der Waals surface area contributed by atoms with E-state index in [9.17, 15) is 4.79 Å². The van der Waals surface area contributed by atoms with Gasteiger partial charge in [-0.1, -0.05) is 48.5 Å². The Bertz CT molecular complexity index is 1080. The minimum Gasteiger partial charge on any atom is -0.465 e. The van der Waals surface area contributed by atoms with Crippen molar-refractivity contribution in [3.63, 3.8) is 0 Å². The van der Waals surface area contributed by atoms with Gasteiger partial charge in [-0.25, -0.2) is 9.42 Å². The normalized spacial score (nSPS) is 10.6. The molecule has 3 N–H and O–H groups in total. The summed E-state index contributed by atoms with van der Waals surface area (Å²) in [6.45, 7) is 0. The number of rotatable bonds is 4. The van der Waals surface area contributed by atoms with E-state index in [0.29, 0.717) is 22.4 Å². The van der Waals surface area contributed by atoms with Crippen molar-refractivity contribution < 1.29 is 14.5 Å². The molecule has 26 heavy (non-hydrogen) atoms. The molecule has 4 aromatic rings. The van der Waals surface area contributed by atoms with E-state index in [2.05, 4.69) is 20.9 Å². The van der Waals surface area contributed by atoms with Gasteiger partial charge in [0, 0.05) is 11.3 Å². The average molecular weight is 346 g/mol. The van der Waals surface area contributed by atoms with Crippen molar-refractivity contribution in [1.82, 2.24) is 10.3 Å². The van der Waals surface area contributed by atoms with Gasteiger partial charge in [0.05, 0.1) is 11.4 Å². The lowest BCUT2D eigenvalue weighted by Crippen LogP contribution is -2.07. The van der Waals surface area contributed by atoms with Crippen LogP contribution in [-0.4, -0.2) is 21.5 Å². The summed E-state index contributed by atoms with van der Waals surface area (Å²) in [5.41, 5.74) is 4.77. The first-order chi connectivity index (χ1) is 12.7. The first kappa shape index (κ1) is 15.6. The summed E-state index contributed by atoms with van der Waals surface area (Å²) in [6.07, 6.45) is -1.18. The molecule has 0 aliphatic carbocycles. The number of para-hydroxylation sites is 1. The average Bonchev–Trinajstić information content (AvgIpc) is 3.15. The lowest BCUT2D eigenvalue weighted by atomic mass is 10.0. The Balaban J connectivity index is 1.76. The number of carboxylic acid groups (broad SMARTS) is 1. The summed E-state index contributed by atoms with van der Waals surface area (Å²) in [7, 11) is 0. The van der Waals surface area contributed by atoms with E-state index < -0.39 is 6.09 Å². The van der Waals surface area contributed by atoms with E-state index in [-0.39, 0.29) is 0 Å². The second-order valence-corrected chi connectivity index (χ2v) is 5.59. The van der Waals surface area contributed by atoms with Crippen LogP contribution in [-0.2, 0) is 0 Å². The minimum atomic E-state index is -1.18. The summed E-state index contributed by atoms with van der Waals surface area (Å²) in [4.78, 5) is 10.9. The molecule has 0 aliphatic heterocycles. The van der Waals surface area contributed by atoms with Crippen LogP contribution in [0, 0.1) is 0 Å². The van der Waals surface area contributed by atoms with Crippen LogP contribution in [0.4, 0.5) is 21.9 Å². The first-order valence-corrected chi connectivity index (χ1v) is 7.89. The Labute approximate surface area is 148 Å². The number of fused-ring (bicyclic) bond motifs is 1. The smallest absolute Gasteiger partial charge is 0.409 e. The fraction of sp³-hybridized carbons (Fsp3) is 0. The van der Waals surface area contributed by atoms with Crippen LogP contribution in [0.5, 0.6) is 0 Å². The van der Waals surface area contributed by atoms with Crippen molar-refractivity contribution >= 4 is 34.2 Å². The third kappa shape index (κ3) is 2.93. The summed E-state index contributed by atoms with van der Waals surface area (Å²) in [5.74, 6) is 0. The molecular formula is C19H14N4O3. The largest absolute Gasteiger partial charge is 0.465 e. The van der Waals surface area contributed by atoms with Crippen LogP contribution in [0.25, 0.3) is 22.2 Å². The number of hydrogen-bond acceptors (Lipinski definition) is 5. The molecule has 0 saturated heterocycles. The van der Waals surface area contributed by atoms with Crippen molar-refractivity contribution in [1.29, 1.82) is 0 Å². The van der Waals surface area contributed by atoms with E-state index in [1.54, 1.807) is 12.1 Å². The maximum atomic E-state index is 10.9. The van der Waals surface area contributed by atoms with Gasteiger partial charge in [0.1, 0.15) is 0 Å². The van der Waals surface area contributed by atoms with Gasteiger partial charge in [0.25, 0.3) is 0 Å². The highest BCUT2D eigenvalue weighted by molar-refractivity contribution is 6.02. The zero-order valence-corrected chi connectivity index (χ0v) is 13.5. The summed E-state index contributed by atoms with van der Waals surface area (Å²) in [5, 5.41) is 22.3.